The van der Waals surface area contributed by atoms with Crippen LogP contribution in [0.2, 0.25) is 0 Å². The van der Waals surface area contributed by atoms with Crippen molar-refractivity contribution in [2.24, 2.45) is 0 Å². The summed E-state index contributed by atoms with van der Waals surface area (Å²) in [6.07, 6.45) is 1.94. The maximum Gasteiger partial charge on any atom is 0.234 e. The van der Waals surface area contributed by atoms with E-state index in [2.05, 4.69) is 15.5 Å². The Morgan fingerprint density at radius 1 is 1.50 bits per heavy atom. The molecule has 6 heteroatoms. The topological polar surface area (TPSA) is 53.6 Å². The number of methoxy groups -OCH3 is 1. The SMILES string of the molecule is COCCNCC(=O)NC1CCCN(c2cccc(F)c2)C1. The maximum absolute atomic E-state index is 13.3. The maximum atomic E-state index is 13.3. The van der Waals surface area contributed by atoms with Gasteiger partial charge in [-0.05, 0) is 31.0 Å². The predicted molar refractivity (Wildman–Crippen MR) is 84.5 cm³/mol. The number of amides is 1. The summed E-state index contributed by atoms with van der Waals surface area (Å²) >= 11 is 0. The highest BCUT2D eigenvalue weighted by atomic mass is 19.1. The van der Waals surface area contributed by atoms with E-state index in [0.717, 1.165) is 25.1 Å². The number of carbonyl (C=O) groups is 1. The van der Waals surface area contributed by atoms with Gasteiger partial charge in [0.25, 0.3) is 0 Å². The van der Waals surface area contributed by atoms with Crippen molar-refractivity contribution in [3.63, 3.8) is 0 Å². The zero-order chi connectivity index (χ0) is 15.8. The first kappa shape index (κ1) is 16.7. The number of benzene rings is 1. The van der Waals surface area contributed by atoms with Gasteiger partial charge in [-0.1, -0.05) is 6.07 Å². The highest BCUT2D eigenvalue weighted by Crippen LogP contribution is 2.20. The molecule has 2 rings (SSSR count). The third-order valence-electron chi connectivity index (χ3n) is 3.73. The van der Waals surface area contributed by atoms with Crippen LogP contribution in [-0.4, -0.2) is 51.8 Å². The van der Waals surface area contributed by atoms with Crippen molar-refractivity contribution < 1.29 is 13.9 Å². The molecule has 0 radical (unpaired) electrons. The van der Waals surface area contributed by atoms with E-state index in [1.165, 1.54) is 12.1 Å². The van der Waals surface area contributed by atoms with Crippen LogP contribution in [-0.2, 0) is 9.53 Å². The lowest BCUT2D eigenvalue weighted by atomic mass is 10.0. The van der Waals surface area contributed by atoms with Gasteiger partial charge < -0.3 is 20.3 Å². The van der Waals surface area contributed by atoms with Gasteiger partial charge in [0.15, 0.2) is 0 Å². The van der Waals surface area contributed by atoms with E-state index in [-0.39, 0.29) is 17.8 Å². The van der Waals surface area contributed by atoms with Crippen LogP contribution in [0, 0.1) is 5.82 Å². The summed E-state index contributed by atoms with van der Waals surface area (Å²) in [7, 11) is 1.63. The summed E-state index contributed by atoms with van der Waals surface area (Å²) in [4.78, 5) is 14.0. The number of anilines is 1. The minimum atomic E-state index is -0.231. The normalized spacial score (nSPS) is 18.3. The van der Waals surface area contributed by atoms with Crippen molar-refractivity contribution in [3.05, 3.63) is 30.1 Å². The number of hydrogen-bond donors (Lipinski definition) is 2. The Balaban J connectivity index is 1.79. The molecule has 0 aliphatic carbocycles. The Hall–Kier alpha value is -1.66. The Bertz CT molecular complexity index is 484. The van der Waals surface area contributed by atoms with Crippen LogP contribution in [0.25, 0.3) is 0 Å². The zero-order valence-electron chi connectivity index (χ0n) is 13.0. The first-order chi connectivity index (χ1) is 10.7. The zero-order valence-corrected chi connectivity index (χ0v) is 13.0. The molecule has 1 aliphatic heterocycles. The molecule has 1 unspecified atom stereocenters. The highest BCUT2D eigenvalue weighted by molar-refractivity contribution is 5.78. The quantitative estimate of drug-likeness (QED) is 0.742. The number of piperidine rings is 1. The molecule has 22 heavy (non-hydrogen) atoms. The fourth-order valence-electron chi connectivity index (χ4n) is 2.66. The van der Waals surface area contributed by atoms with Gasteiger partial charge in [-0.2, -0.15) is 0 Å². The van der Waals surface area contributed by atoms with E-state index in [1.807, 2.05) is 6.07 Å². The van der Waals surface area contributed by atoms with Crippen molar-refractivity contribution >= 4 is 11.6 Å². The van der Waals surface area contributed by atoms with Crippen LogP contribution >= 0.6 is 0 Å². The van der Waals surface area contributed by atoms with Gasteiger partial charge in [0.05, 0.1) is 13.2 Å². The van der Waals surface area contributed by atoms with Gasteiger partial charge >= 0.3 is 0 Å². The van der Waals surface area contributed by atoms with Gasteiger partial charge in [-0.25, -0.2) is 4.39 Å². The number of halogens is 1. The third-order valence-corrected chi connectivity index (χ3v) is 3.73. The smallest absolute Gasteiger partial charge is 0.234 e. The third kappa shape index (κ3) is 5.27. The van der Waals surface area contributed by atoms with Crippen LogP contribution in [0.1, 0.15) is 12.8 Å². The van der Waals surface area contributed by atoms with Crippen LogP contribution < -0.4 is 15.5 Å². The Morgan fingerprint density at radius 2 is 2.36 bits per heavy atom. The van der Waals surface area contributed by atoms with Gasteiger partial charge in [-0.15, -0.1) is 0 Å². The molecule has 0 bridgehead atoms. The van der Waals surface area contributed by atoms with E-state index in [4.69, 9.17) is 4.74 Å². The van der Waals surface area contributed by atoms with Gasteiger partial charge in [0, 0.05) is 38.5 Å². The second-order valence-corrected chi connectivity index (χ2v) is 5.50. The number of nitrogens with one attached hydrogen (secondary N) is 2. The molecule has 1 aliphatic rings. The fourth-order valence-corrected chi connectivity index (χ4v) is 2.66. The molecule has 1 heterocycles. The molecule has 1 fully saturated rings. The second-order valence-electron chi connectivity index (χ2n) is 5.50. The molecule has 2 N–H and O–H groups in total. The summed E-state index contributed by atoms with van der Waals surface area (Å²) in [5.41, 5.74) is 0.872. The summed E-state index contributed by atoms with van der Waals surface area (Å²) in [5, 5.41) is 6.06. The van der Waals surface area contributed by atoms with E-state index in [1.54, 1.807) is 13.2 Å². The van der Waals surface area contributed by atoms with Crippen molar-refractivity contribution in [1.29, 1.82) is 0 Å². The standard InChI is InChI=1S/C16H24FN3O2/c1-22-9-7-18-11-16(21)19-14-5-3-8-20(12-14)15-6-2-4-13(17)10-15/h2,4,6,10,14,18H,3,5,7-9,11-12H2,1H3,(H,19,21). The predicted octanol–water partition coefficient (Wildman–Crippen LogP) is 1.15. The molecule has 1 saturated heterocycles. The fraction of sp³-hybridized carbons (Fsp3) is 0.562. The summed E-state index contributed by atoms with van der Waals surface area (Å²) < 4.78 is 18.2. The first-order valence-corrected chi connectivity index (χ1v) is 7.68. The lowest BCUT2D eigenvalue weighted by Crippen LogP contribution is -2.49. The first-order valence-electron chi connectivity index (χ1n) is 7.68. The summed E-state index contributed by atoms with van der Waals surface area (Å²) in [5.74, 6) is -0.242. The molecule has 1 aromatic carbocycles. The molecule has 0 saturated carbocycles. The molecule has 5 nitrogen and oxygen atoms in total. The van der Waals surface area contributed by atoms with E-state index < -0.39 is 0 Å². The van der Waals surface area contributed by atoms with E-state index in [0.29, 0.717) is 26.2 Å². The number of hydrogen-bond acceptors (Lipinski definition) is 4. The van der Waals surface area contributed by atoms with Gasteiger partial charge in [0.2, 0.25) is 5.91 Å². The largest absolute Gasteiger partial charge is 0.383 e. The molecule has 1 amide bonds. The lowest BCUT2D eigenvalue weighted by Gasteiger charge is -2.34. The van der Waals surface area contributed by atoms with E-state index in [9.17, 15) is 9.18 Å². The lowest BCUT2D eigenvalue weighted by molar-refractivity contribution is -0.121. The Morgan fingerprint density at radius 3 is 3.14 bits per heavy atom. The number of rotatable bonds is 7. The van der Waals surface area contributed by atoms with Crippen LogP contribution in [0.3, 0.4) is 0 Å². The Labute approximate surface area is 130 Å². The van der Waals surface area contributed by atoms with Crippen molar-refractivity contribution in [1.82, 2.24) is 10.6 Å². The second kappa shape index (κ2) is 8.70. The minimum absolute atomic E-state index is 0.0119. The van der Waals surface area contributed by atoms with Gasteiger partial charge in [0.1, 0.15) is 5.82 Å². The average molecular weight is 309 g/mol. The monoisotopic (exact) mass is 309 g/mol. The van der Waals surface area contributed by atoms with Crippen LogP contribution in [0.15, 0.2) is 24.3 Å². The molecular formula is C16H24FN3O2. The molecular weight excluding hydrogens is 285 g/mol. The van der Waals surface area contributed by atoms with Crippen molar-refractivity contribution in [2.45, 2.75) is 18.9 Å². The van der Waals surface area contributed by atoms with Crippen molar-refractivity contribution in [3.8, 4) is 0 Å². The van der Waals surface area contributed by atoms with Crippen molar-refractivity contribution in [2.75, 3.05) is 44.8 Å². The highest BCUT2D eigenvalue weighted by Gasteiger charge is 2.21. The summed E-state index contributed by atoms with van der Waals surface area (Å²) in [6.45, 7) is 3.14. The molecule has 0 spiro atoms. The Kier molecular flexibility index (Phi) is 6.61. The van der Waals surface area contributed by atoms with E-state index >= 15 is 0 Å². The number of carbonyl (C=O) groups excluding carboxylic acids is 1. The minimum Gasteiger partial charge on any atom is -0.383 e. The molecule has 1 atom stereocenters. The van der Waals surface area contributed by atoms with Crippen LogP contribution in [0.5, 0.6) is 0 Å². The van der Waals surface area contributed by atoms with Crippen LogP contribution in [0.4, 0.5) is 10.1 Å². The molecule has 122 valence electrons. The average Bonchev–Trinajstić information content (AvgIpc) is 2.52. The molecule has 0 aromatic heterocycles. The number of ether oxygens (including phenoxy) is 1. The molecule has 1 aromatic rings. The van der Waals surface area contributed by atoms with Gasteiger partial charge in [-0.3, -0.25) is 4.79 Å². The summed E-state index contributed by atoms with van der Waals surface area (Å²) in [6, 6.07) is 6.70. The number of nitrogens with zero attached hydrogens (tertiary/aromatic N) is 1.